The number of nitrogens with zero attached hydrogens (tertiary/aromatic N) is 4. The number of aromatic nitrogens is 3. The quantitative estimate of drug-likeness (QED) is 0.347. The summed E-state index contributed by atoms with van der Waals surface area (Å²) in [7, 11) is 0. The number of carbonyl (C=O) groups is 2. The molecule has 37 heavy (non-hydrogen) atoms. The number of hydrogen-bond donors (Lipinski definition) is 3. The number of rotatable bonds is 5. The van der Waals surface area contributed by atoms with E-state index >= 15 is 0 Å². The number of benzene rings is 1. The second kappa shape index (κ2) is 10.5. The molecule has 0 saturated heterocycles. The second-order valence-corrected chi connectivity index (χ2v) is 10.7. The first-order valence-electron chi connectivity index (χ1n) is 12.0. The van der Waals surface area contributed by atoms with Crippen LogP contribution in [0.1, 0.15) is 49.2 Å². The Hall–Kier alpha value is -3.45. The van der Waals surface area contributed by atoms with E-state index in [0.717, 1.165) is 0 Å². The summed E-state index contributed by atoms with van der Waals surface area (Å²) in [5.74, 6) is 4.95. The van der Waals surface area contributed by atoms with Crippen molar-refractivity contribution in [2.75, 3.05) is 13.1 Å². The minimum atomic E-state index is -1.05. The van der Waals surface area contributed by atoms with Crippen molar-refractivity contribution in [2.45, 2.75) is 45.4 Å². The van der Waals surface area contributed by atoms with Crippen molar-refractivity contribution in [1.82, 2.24) is 19.4 Å². The van der Waals surface area contributed by atoms with Crippen LogP contribution < -0.4 is 5.73 Å². The molecule has 0 bridgehead atoms. The summed E-state index contributed by atoms with van der Waals surface area (Å²) in [5, 5.41) is 22.8. The minimum Gasteiger partial charge on any atom is -0.390 e. The van der Waals surface area contributed by atoms with E-state index in [9.17, 15) is 19.8 Å². The van der Waals surface area contributed by atoms with Crippen molar-refractivity contribution in [2.24, 2.45) is 17.1 Å². The van der Waals surface area contributed by atoms with E-state index in [1.165, 1.54) is 6.33 Å². The van der Waals surface area contributed by atoms with Gasteiger partial charge in [0.15, 0.2) is 0 Å². The van der Waals surface area contributed by atoms with Gasteiger partial charge < -0.3 is 25.4 Å². The Morgan fingerprint density at radius 1 is 1.22 bits per heavy atom. The molecule has 1 aliphatic carbocycles. The van der Waals surface area contributed by atoms with Gasteiger partial charge in [0.25, 0.3) is 0 Å². The Bertz CT molecular complexity index is 1390. The molecule has 1 aromatic carbocycles. The molecule has 9 nitrogen and oxygen atoms in total. The average molecular weight is 524 g/mol. The molecular weight excluding hydrogens is 494 g/mol. The molecule has 0 radical (unpaired) electrons. The number of hydrogen-bond acceptors (Lipinski definition) is 6. The number of fused-ring (bicyclic) bond motifs is 1. The Labute approximate surface area is 220 Å². The molecule has 4 atom stereocenters. The topological polar surface area (TPSA) is 135 Å². The van der Waals surface area contributed by atoms with Crippen LogP contribution in [0.25, 0.3) is 11.0 Å². The summed E-state index contributed by atoms with van der Waals surface area (Å²) >= 11 is 6.18. The summed E-state index contributed by atoms with van der Waals surface area (Å²) in [5.41, 5.74) is 6.21. The van der Waals surface area contributed by atoms with Gasteiger partial charge in [0.1, 0.15) is 23.2 Å². The van der Waals surface area contributed by atoms with E-state index in [0.29, 0.717) is 33.7 Å². The molecule has 0 unspecified atom stereocenters. The van der Waals surface area contributed by atoms with Gasteiger partial charge in [0.05, 0.1) is 24.1 Å². The van der Waals surface area contributed by atoms with Gasteiger partial charge in [-0.25, -0.2) is 9.97 Å². The van der Waals surface area contributed by atoms with Crippen LogP contribution >= 0.6 is 11.6 Å². The van der Waals surface area contributed by atoms with Crippen LogP contribution in [-0.2, 0) is 4.79 Å². The monoisotopic (exact) mass is 523 g/mol. The minimum absolute atomic E-state index is 0.121. The highest BCUT2D eigenvalue weighted by molar-refractivity contribution is 6.33. The molecule has 2 heterocycles. The molecule has 2 aromatic heterocycles. The highest BCUT2D eigenvalue weighted by Crippen LogP contribution is 2.38. The van der Waals surface area contributed by atoms with E-state index in [-0.39, 0.29) is 24.9 Å². The van der Waals surface area contributed by atoms with E-state index < -0.39 is 29.6 Å². The molecule has 1 fully saturated rings. The molecule has 3 aromatic rings. The summed E-state index contributed by atoms with van der Waals surface area (Å²) in [4.78, 5) is 34.6. The van der Waals surface area contributed by atoms with Gasteiger partial charge in [-0.1, -0.05) is 50.3 Å². The fourth-order valence-corrected chi connectivity index (χ4v) is 4.92. The second-order valence-electron chi connectivity index (χ2n) is 10.4. The van der Waals surface area contributed by atoms with Crippen LogP contribution in [0.3, 0.4) is 0 Å². The molecule has 0 aliphatic heterocycles. The molecule has 1 aliphatic rings. The van der Waals surface area contributed by atoms with Crippen LogP contribution in [0.5, 0.6) is 0 Å². The van der Waals surface area contributed by atoms with Gasteiger partial charge in [0, 0.05) is 35.2 Å². The average Bonchev–Trinajstić information content (AvgIpc) is 3.40. The lowest BCUT2D eigenvalue weighted by Gasteiger charge is -2.31. The van der Waals surface area contributed by atoms with Crippen molar-refractivity contribution >= 4 is 34.4 Å². The Balaban J connectivity index is 1.55. The Kier molecular flexibility index (Phi) is 7.55. The standard InChI is InChI=1S/C27H30ClN5O4/c1-27(2,3)26(37)32(10-5-7-16-6-4-8-17(12-16)24(29)36)14-18-13-20(22(35)21(18)34)33-11-9-19-23(28)30-15-31-25(19)33/h4,6,8-9,11-12,15,18,20-22,34-35H,10,13-14H2,1-3H3,(H2,29,36)/t18-,20-,21-,22+/m1/s1. The maximum absolute atomic E-state index is 13.3. The SMILES string of the molecule is CC(C)(C)C(=O)N(CC#Cc1cccc(C(N)=O)c1)C[C@H]1C[C@@H](n2ccc3c(Cl)ncnc32)[C@H](O)[C@@H]1O. The van der Waals surface area contributed by atoms with Gasteiger partial charge in [-0.05, 0) is 30.7 Å². The number of halogens is 1. The number of carbonyl (C=O) groups excluding carboxylic acids is 2. The van der Waals surface area contributed by atoms with Gasteiger partial charge >= 0.3 is 0 Å². The van der Waals surface area contributed by atoms with E-state index in [1.807, 2.05) is 20.8 Å². The van der Waals surface area contributed by atoms with Crippen LogP contribution in [0.2, 0.25) is 5.15 Å². The summed E-state index contributed by atoms with van der Waals surface area (Å²) in [6.07, 6.45) is 1.46. The van der Waals surface area contributed by atoms with E-state index in [2.05, 4.69) is 21.8 Å². The summed E-state index contributed by atoms with van der Waals surface area (Å²) in [6.45, 7) is 5.81. The first kappa shape index (κ1) is 26.6. The van der Waals surface area contributed by atoms with E-state index in [1.54, 1.807) is 46.0 Å². The van der Waals surface area contributed by atoms with Crippen molar-refractivity contribution in [3.8, 4) is 11.8 Å². The number of nitrogens with two attached hydrogens (primary N) is 1. The fourth-order valence-electron chi connectivity index (χ4n) is 4.73. The van der Waals surface area contributed by atoms with Crippen molar-refractivity contribution in [3.05, 3.63) is 59.1 Å². The van der Waals surface area contributed by atoms with Crippen molar-refractivity contribution < 1.29 is 19.8 Å². The fraction of sp³-hybridized carbons (Fsp3) is 0.407. The third-order valence-corrected chi connectivity index (χ3v) is 6.92. The van der Waals surface area contributed by atoms with Crippen LogP contribution in [0.4, 0.5) is 0 Å². The van der Waals surface area contributed by atoms with Crippen molar-refractivity contribution in [1.29, 1.82) is 0 Å². The lowest BCUT2D eigenvalue weighted by Crippen LogP contribution is -2.44. The molecule has 194 valence electrons. The first-order chi connectivity index (χ1) is 17.5. The molecule has 1 saturated carbocycles. The first-order valence-corrected chi connectivity index (χ1v) is 12.4. The highest BCUT2D eigenvalue weighted by atomic mass is 35.5. The van der Waals surface area contributed by atoms with Gasteiger partial charge in [-0.3, -0.25) is 9.59 Å². The number of primary amides is 1. The molecule has 4 N–H and O–H groups in total. The van der Waals surface area contributed by atoms with Crippen molar-refractivity contribution in [3.63, 3.8) is 0 Å². The normalized spacial score (nSPS) is 21.5. The molecule has 10 heteroatoms. The molecule has 2 amide bonds. The maximum atomic E-state index is 13.3. The Morgan fingerprint density at radius 2 is 1.97 bits per heavy atom. The van der Waals surface area contributed by atoms with Crippen LogP contribution in [-0.4, -0.2) is 66.8 Å². The molecule has 0 spiro atoms. The molecular formula is C27H30ClN5O4. The van der Waals surface area contributed by atoms with Gasteiger partial charge in [-0.2, -0.15) is 0 Å². The largest absolute Gasteiger partial charge is 0.390 e. The third kappa shape index (κ3) is 5.62. The lowest BCUT2D eigenvalue weighted by molar-refractivity contribution is -0.140. The summed E-state index contributed by atoms with van der Waals surface area (Å²) in [6, 6.07) is 8.00. The Morgan fingerprint density at radius 3 is 2.68 bits per heavy atom. The van der Waals surface area contributed by atoms with Gasteiger partial charge in [0.2, 0.25) is 11.8 Å². The lowest BCUT2D eigenvalue weighted by atomic mass is 9.93. The zero-order chi connectivity index (χ0) is 26.9. The predicted octanol–water partition coefficient (Wildman–Crippen LogP) is 2.39. The highest BCUT2D eigenvalue weighted by Gasteiger charge is 2.44. The third-order valence-electron chi connectivity index (χ3n) is 6.62. The van der Waals surface area contributed by atoms with Gasteiger partial charge in [-0.15, -0.1) is 0 Å². The zero-order valence-corrected chi connectivity index (χ0v) is 21.7. The predicted molar refractivity (Wildman–Crippen MR) is 140 cm³/mol. The smallest absolute Gasteiger partial charge is 0.248 e. The number of amides is 2. The zero-order valence-electron chi connectivity index (χ0n) is 20.9. The van der Waals surface area contributed by atoms with E-state index in [4.69, 9.17) is 17.3 Å². The number of aliphatic hydroxyl groups is 2. The molecule has 4 rings (SSSR count). The summed E-state index contributed by atoms with van der Waals surface area (Å²) < 4.78 is 1.80. The maximum Gasteiger partial charge on any atom is 0.248 e. The number of aliphatic hydroxyl groups excluding tert-OH is 2. The van der Waals surface area contributed by atoms with Crippen LogP contribution in [0.15, 0.2) is 42.9 Å². The van der Waals surface area contributed by atoms with Crippen LogP contribution in [0, 0.1) is 23.2 Å².